The summed E-state index contributed by atoms with van der Waals surface area (Å²) in [7, 11) is 1.63. The molecule has 3 aromatic rings. The molecule has 0 bridgehead atoms. The van der Waals surface area contributed by atoms with Crippen molar-refractivity contribution in [2.75, 3.05) is 12.9 Å². The molecule has 1 unspecified atom stereocenters. The number of amides is 1. The Morgan fingerprint density at radius 2 is 1.97 bits per heavy atom. The molecular formula is C24H28N4O2S. The molecule has 0 radical (unpaired) electrons. The van der Waals surface area contributed by atoms with E-state index in [0.717, 1.165) is 23.3 Å². The molecule has 0 aliphatic rings. The first-order chi connectivity index (χ1) is 15.1. The summed E-state index contributed by atoms with van der Waals surface area (Å²) in [5.41, 5.74) is 3.22. The molecule has 0 aliphatic carbocycles. The van der Waals surface area contributed by atoms with Gasteiger partial charge in [-0.1, -0.05) is 61.2 Å². The van der Waals surface area contributed by atoms with E-state index in [1.165, 1.54) is 17.3 Å². The second-order valence-corrected chi connectivity index (χ2v) is 8.02. The number of aryl methyl sites for hydroxylation is 1. The summed E-state index contributed by atoms with van der Waals surface area (Å²) >= 11 is 1.36. The number of hydrogen-bond donors (Lipinski definition) is 1. The lowest BCUT2D eigenvalue weighted by atomic mass is 10.1. The van der Waals surface area contributed by atoms with E-state index in [1.807, 2.05) is 35.8 Å². The summed E-state index contributed by atoms with van der Waals surface area (Å²) in [4.78, 5) is 12.5. The van der Waals surface area contributed by atoms with Gasteiger partial charge in [0.25, 0.3) is 0 Å². The molecule has 7 heteroatoms. The second-order valence-electron chi connectivity index (χ2n) is 7.08. The van der Waals surface area contributed by atoms with Crippen LogP contribution in [0, 0.1) is 0 Å². The Balaban J connectivity index is 1.68. The third-order valence-electron chi connectivity index (χ3n) is 4.97. The molecule has 1 N–H and O–H groups in total. The lowest BCUT2D eigenvalue weighted by Crippen LogP contribution is -2.28. The van der Waals surface area contributed by atoms with E-state index >= 15 is 0 Å². The van der Waals surface area contributed by atoms with Crippen molar-refractivity contribution < 1.29 is 9.53 Å². The SMILES string of the molecule is C=CCn1c(SCC(=O)NC(C)c2ccc(CC)cc2)nnc1-c1ccccc1OC. The monoisotopic (exact) mass is 436 g/mol. The van der Waals surface area contributed by atoms with Crippen LogP contribution in [0.1, 0.15) is 31.0 Å². The van der Waals surface area contributed by atoms with Crippen LogP contribution in [0.15, 0.2) is 66.3 Å². The van der Waals surface area contributed by atoms with Gasteiger partial charge in [-0.15, -0.1) is 16.8 Å². The molecule has 6 nitrogen and oxygen atoms in total. The van der Waals surface area contributed by atoms with Crippen LogP contribution in [0.25, 0.3) is 11.4 Å². The van der Waals surface area contributed by atoms with Crippen molar-refractivity contribution in [1.29, 1.82) is 0 Å². The molecular weight excluding hydrogens is 408 g/mol. The van der Waals surface area contributed by atoms with E-state index in [9.17, 15) is 4.79 Å². The van der Waals surface area contributed by atoms with Crippen LogP contribution in [0.3, 0.4) is 0 Å². The summed E-state index contributed by atoms with van der Waals surface area (Å²) in [6.45, 7) is 8.49. The van der Waals surface area contributed by atoms with Gasteiger partial charge in [0, 0.05) is 6.54 Å². The summed E-state index contributed by atoms with van der Waals surface area (Å²) in [6.07, 6.45) is 2.79. The number of aromatic nitrogens is 3. The van der Waals surface area contributed by atoms with Gasteiger partial charge < -0.3 is 10.1 Å². The molecule has 1 aromatic heterocycles. The third kappa shape index (κ3) is 5.55. The Hall–Kier alpha value is -3.06. The molecule has 0 saturated carbocycles. The number of nitrogens with one attached hydrogen (secondary N) is 1. The van der Waals surface area contributed by atoms with Crippen LogP contribution < -0.4 is 10.1 Å². The smallest absolute Gasteiger partial charge is 0.230 e. The number of methoxy groups -OCH3 is 1. The van der Waals surface area contributed by atoms with Crippen molar-refractivity contribution in [3.05, 3.63) is 72.3 Å². The van der Waals surface area contributed by atoms with Gasteiger partial charge in [0.05, 0.1) is 24.5 Å². The first-order valence-electron chi connectivity index (χ1n) is 10.3. The maximum Gasteiger partial charge on any atom is 0.230 e. The number of rotatable bonds is 10. The maximum absolute atomic E-state index is 12.5. The Morgan fingerprint density at radius 3 is 2.65 bits per heavy atom. The minimum Gasteiger partial charge on any atom is -0.496 e. The first kappa shape index (κ1) is 22.6. The van der Waals surface area contributed by atoms with Gasteiger partial charge in [-0.25, -0.2) is 0 Å². The fraction of sp³-hybridized carbons (Fsp3) is 0.292. The number of thioether (sulfide) groups is 1. The molecule has 1 heterocycles. The molecule has 0 fully saturated rings. The summed E-state index contributed by atoms with van der Waals surface area (Å²) in [5.74, 6) is 1.60. The van der Waals surface area contributed by atoms with Crippen LogP contribution in [0.4, 0.5) is 0 Å². The minimum atomic E-state index is -0.0609. The van der Waals surface area contributed by atoms with Gasteiger partial charge in [-0.05, 0) is 36.6 Å². The van der Waals surface area contributed by atoms with Crippen LogP contribution in [0.5, 0.6) is 5.75 Å². The van der Waals surface area contributed by atoms with E-state index in [0.29, 0.717) is 17.5 Å². The average molecular weight is 437 g/mol. The highest BCUT2D eigenvalue weighted by atomic mass is 32.2. The highest BCUT2D eigenvalue weighted by molar-refractivity contribution is 7.99. The van der Waals surface area contributed by atoms with Gasteiger partial charge in [0.1, 0.15) is 5.75 Å². The number of carbonyl (C=O) groups is 1. The number of hydrogen-bond acceptors (Lipinski definition) is 5. The van der Waals surface area contributed by atoms with Crippen molar-refractivity contribution in [2.24, 2.45) is 0 Å². The molecule has 0 aliphatic heterocycles. The zero-order valence-electron chi connectivity index (χ0n) is 18.2. The molecule has 3 rings (SSSR count). The highest BCUT2D eigenvalue weighted by Crippen LogP contribution is 2.31. The molecule has 1 atom stereocenters. The first-order valence-corrected chi connectivity index (χ1v) is 11.2. The van der Waals surface area contributed by atoms with Gasteiger partial charge in [0.2, 0.25) is 5.91 Å². The normalized spacial score (nSPS) is 11.7. The topological polar surface area (TPSA) is 69.0 Å². The van der Waals surface area contributed by atoms with Crippen LogP contribution in [-0.4, -0.2) is 33.5 Å². The zero-order chi connectivity index (χ0) is 22.2. The fourth-order valence-electron chi connectivity index (χ4n) is 3.26. The number of nitrogens with zero attached hydrogens (tertiary/aromatic N) is 3. The van der Waals surface area contributed by atoms with Crippen molar-refractivity contribution in [3.63, 3.8) is 0 Å². The molecule has 2 aromatic carbocycles. The van der Waals surface area contributed by atoms with Gasteiger partial charge in [-0.2, -0.15) is 0 Å². The Morgan fingerprint density at radius 1 is 1.23 bits per heavy atom. The van der Waals surface area contributed by atoms with E-state index in [1.54, 1.807) is 13.2 Å². The van der Waals surface area contributed by atoms with Crippen molar-refractivity contribution in [2.45, 2.75) is 38.0 Å². The van der Waals surface area contributed by atoms with Crippen LogP contribution in [0.2, 0.25) is 0 Å². The van der Waals surface area contributed by atoms with Crippen molar-refractivity contribution in [1.82, 2.24) is 20.1 Å². The minimum absolute atomic E-state index is 0.0518. The lowest BCUT2D eigenvalue weighted by Gasteiger charge is -2.15. The van der Waals surface area contributed by atoms with Crippen molar-refractivity contribution in [3.8, 4) is 17.1 Å². The molecule has 1 amide bonds. The fourth-order valence-corrected chi connectivity index (χ4v) is 4.02. The van der Waals surface area contributed by atoms with Crippen LogP contribution in [-0.2, 0) is 17.8 Å². The average Bonchev–Trinajstić information content (AvgIpc) is 3.20. The highest BCUT2D eigenvalue weighted by Gasteiger charge is 2.18. The van der Waals surface area contributed by atoms with Gasteiger partial charge >= 0.3 is 0 Å². The van der Waals surface area contributed by atoms with Crippen molar-refractivity contribution >= 4 is 17.7 Å². The third-order valence-corrected chi connectivity index (χ3v) is 5.94. The van der Waals surface area contributed by atoms with E-state index < -0.39 is 0 Å². The predicted octanol–water partition coefficient (Wildman–Crippen LogP) is 4.67. The molecule has 0 saturated heterocycles. The van der Waals surface area contributed by atoms with E-state index in [4.69, 9.17) is 4.74 Å². The number of allylic oxidation sites excluding steroid dienone is 1. The van der Waals surface area contributed by atoms with Gasteiger partial charge in [0.15, 0.2) is 11.0 Å². The maximum atomic E-state index is 12.5. The van der Waals surface area contributed by atoms with E-state index in [-0.39, 0.29) is 17.7 Å². The predicted molar refractivity (Wildman–Crippen MR) is 125 cm³/mol. The summed E-state index contributed by atoms with van der Waals surface area (Å²) in [6, 6.07) is 15.9. The zero-order valence-corrected chi connectivity index (χ0v) is 19.0. The lowest BCUT2D eigenvalue weighted by molar-refractivity contribution is -0.119. The summed E-state index contributed by atoms with van der Waals surface area (Å²) < 4.78 is 7.40. The number of benzene rings is 2. The standard InChI is InChI=1S/C24H28N4O2S/c1-5-15-28-23(20-9-7-8-10-21(20)30-4)26-27-24(28)31-16-22(29)25-17(3)19-13-11-18(6-2)12-14-19/h5,7-14,17H,1,6,15-16H2,2-4H3,(H,25,29). The number of para-hydroxylation sites is 1. The molecule has 31 heavy (non-hydrogen) atoms. The molecule has 162 valence electrons. The molecule has 0 spiro atoms. The van der Waals surface area contributed by atoms with Crippen LogP contribution >= 0.6 is 11.8 Å². The number of ether oxygens (including phenoxy) is 1. The largest absolute Gasteiger partial charge is 0.496 e. The number of carbonyl (C=O) groups excluding carboxylic acids is 1. The summed E-state index contributed by atoms with van der Waals surface area (Å²) in [5, 5.41) is 12.4. The quantitative estimate of drug-likeness (QED) is 0.369. The van der Waals surface area contributed by atoms with E-state index in [2.05, 4.69) is 53.3 Å². The Labute approximate surface area is 187 Å². The second kappa shape index (κ2) is 10.8. The van der Waals surface area contributed by atoms with Gasteiger partial charge in [-0.3, -0.25) is 9.36 Å². The Kier molecular flexibility index (Phi) is 7.89. The Bertz CT molecular complexity index is 1030.